The van der Waals surface area contributed by atoms with E-state index in [1.807, 2.05) is 0 Å². The number of aliphatic hydroxyl groups is 1. The maximum absolute atomic E-state index is 10.5. The number of phenols is 1. The number of hydrogen-bond acceptors (Lipinski definition) is 5. The molecule has 4 N–H and O–H groups in total. The van der Waals surface area contributed by atoms with Crippen molar-refractivity contribution in [2.45, 2.75) is 19.1 Å². The molecule has 1 aromatic rings. The minimum Gasteiger partial charge on any atom is -0.508 e. The smallest absolute Gasteiger partial charge is 0.270 e. The number of hydrogen-bond donors (Lipinski definition) is 3. The van der Waals surface area contributed by atoms with E-state index in [9.17, 15) is 20.3 Å². The Morgan fingerprint density at radius 3 is 2.50 bits per heavy atom. The van der Waals surface area contributed by atoms with Gasteiger partial charge in [-0.25, -0.2) is 0 Å². The van der Waals surface area contributed by atoms with Crippen LogP contribution >= 0.6 is 12.4 Å². The zero-order valence-electron chi connectivity index (χ0n) is 8.53. The average Bonchev–Trinajstić information content (AvgIpc) is 2.16. The highest BCUT2D eigenvalue weighted by atomic mass is 35.5. The number of non-ortho nitro benzene ring substituents is 1. The zero-order valence-corrected chi connectivity index (χ0v) is 9.35. The normalized spacial score (nSPS) is 13.7. The predicted octanol–water partition coefficient (Wildman–Crippen LogP) is 1.10. The molecule has 16 heavy (non-hydrogen) atoms. The molecule has 0 aliphatic heterocycles. The number of nitrogens with zero attached hydrogens (tertiary/aromatic N) is 1. The van der Waals surface area contributed by atoms with Crippen molar-refractivity contribution in [3.05, 3.63) is 33.9 Å². The number of nitro benzene ring substituents is 1. The van der Waals surface area contributed by atoms with Crippen LogP contribution in [0.15, 0.2) is 18.2 Å². The first-order valence-electron chi connectivity index (χ1n) is 4.34. The number of aliphatic hydroxyl groups excluding tert-OH is 1. The fourth-order valence-corrected chi connectivity index (χ4v) is 1.18. The van der Waals surface area contributed by atoms with Crippen LogP contribution in [0, 0.1) is 10.1 Å². The van der Waals surface area contributed by atoms with E-state index < -0.39 is 17.1 Å². The molecule has 7 heteroatoms. The van der Waals surface area contributed by atoms with E-state index in [1.54, 1.807) is 0 Å². The first kappa shape index (κ1) is 14.6. The molecular formula is C9H13ClN2O4. The second-order valence-electron chi connectivity index (χ2n) is 3.27. The topological polar surface area (TPSA) is 110 Å². The van der Waals surface area contributed by atoms with Crippen molar-refractivity contribution in [1.29, 1.82) is 0 Å². The van der Waals surface area contributed by atoms with Crippen molar-refractivity contribution in [2.75, 3.05) is 0 Å². The zero-order chi connectivity index (χ0) is 11.6. The van der Waals surface area contributed by atoms with Gasteiger partial charge >= 0.3 is 0 Å². The average molecular weight is 249 g/mol. The van der Waals surface area contributed by atoms with Gasteiger partial charge in [0.25, 0.3) is 5.69 Å². The summed E-state index contributed by atoms with van der Waals surface area (Å²) in [7, 11) is 0. The van der Waals surface area contributed by atoms with Gasteiger partial charge in [-0.15, -0.1) is 12.4 Å². The summed E-state index contributed by atoms with van der Waals surface area (Å²) in [4.78, 5) is 9.89. The van der Waals surface area contributed by atoms with E-state index >= 15 is 0 Å². The Labute approximate surface area is 98.3 Å². The highest BCUT2D eigenvalue weighted by Crippen LogP contribution is 2.28. The maximum Gasteiger partial charge on any atom is 0.270 e. The third-order valence-corrected chi connectivity index (χ3v) is 2.10. The van der Waals surface area contributed by atoms with Crippen molar-refractivity contribution in [3.63, 3.8) is 0 Å². The summed E-state index contributed by atoms with van der Waals surface area (Å²) in [6, 6.07) is 2.68. The molecule has 0 heterocycles. The Hall–Kier alpha value is -1.37. The SMILES string of the molecule is C[C@@H](O)[C@@H](N)c1cc([N+](=O)[O-])ccc1O.Cl. The number of aromatic hydroxyl groups is 1. The van der Waals surface area contributed by atoms with Crippen LogP contribution < -0.4 is 5.73 Å². The highest BCUT2D eigenvalue weighted by Gasteiger charge is 2.19. The van der Waals surface area contributed by atoms with E-state index in [-0.39, 0.29) is 29.4 Å². The Morgan fingerprint density at radius 2 is 2.06 bits per heavy atom. The first-order valence-corrected chi connectivity index (χ1v) is 4.34. The first-order chi connectivity index (χ1) is 6.93. The monoisotopic (exact) mass is 248 g/mol. The molecule has 2 atom stereocenters. The fourth-order valence-electron chi connectivity index (χ4n) is 1.18. The Bertz CT molecular complexity index is 384. The van der Waals surface area contributed by atoms with Crippen molar-refractivity contribution >= 4 is 18.1 Å². The van der Waals surface area contributed by atoms with E-state index in [4.69, 9.17) is 5.73 Å². The lowest BCUT2D eigenvalue weighted by atomic mass is 10.0. The van der Waals surface area contributed by atoms with Gasteiger partial charge in [0.05, 0.1) is 17.1 Å². The Morgan fingerprint density at radius 1 is 1.50 bits per heavy atom. The summed E-state index contributed by atoms with van der Waals surface area (Å²) in [6.07, 6.45) is -0.891. The van der Waals surface area contributed by atoms with Crippen LogP contribution in [0.2, 0.25) is 0 Å². The molecule has 0 radical (unpaired) electrons. The van der Waals surface area contributed by atoms with Crippen molar-refractivity contribution in [3.8, 4) is 5.75 Å². The number of halogens is 1. The molecule has 0 unspecified atom stereocenters. The molecule has 0 saturated carbocycles. The Balaban J connectivity index is 0.00000225. The van der Waals surface area contributed by atoms with Crippen LogP contribution in [-0.4, -0.2) is 21.2 Å². The van der Waals surface area contributed by atoms with E-state index in [1.165, 1.54) is 19.1 Å². The molecule has 0 spiro atoms. The summed E-state index contributed by atoms with van der Waals surface area (Å²) in [5, 5.41) is 29.1. The number of benzene rings is 1. The predicted molar refractivity (Wildman–Crippen MR) is 60.6 cm³/mol. The van der Waals surface area contributed by atoms with Crippen LogP contribution in [0.1, 0.15) is 18.5 Å². The van der Waals surface area contributed by atoms with Gasteiger partial charge in [-0.05, 0) is 13.0 Å². The summed E-state index contributed by atoms with van der Waals surface area (Å²) in [5.74, 6) is -0.158. The number of phenolic OH excluding ortho intramolecular Hbond substituents is 1. The molecule has 0 bridgehead atoms. The maximum atomic E-state index is 10.5. The molecule has 6 nitrogen and oxygen atoms in total. The molecule has 0 saturated heterocycles. The third-order valence-electron chi connectivity index (χ3n) is 2.10. The molecule has 1 aromatic carbocycles. The number of nitrogens with two attached hydrogens (primary N) is 1. The minimum absolute atomic E-state index is 0. The van der Waals surface area contributed by atoms with Gasteiger partial charge in [-0.2, -0.15) is 0 Å². The van der Waals surface area contributed by atoms with Crippen LogP contribution in [0.5, 0.6) is 5.75 Å². The van der Waals surface area contributed by atoms with Crippen LogP contribution in [0.3, 0.4) is 0 Å². The summed E-state index contributed by atoms with van der Waals surface area (Å²) >= 11 is 0. The van der Waals surface area contributed by atoms with Crippen LogP contribution in [-0.2, 0) is 0 Å². The number of rotatable bonds is 3. The fraction of sp³-hybridized carbons (Fsp3) is 0.333. The lowest BCUT2D eigenvalue weighted by Gasteiger charge is -2.15. The second kappa shape index (κ2) is 5.64. The number of nitro groups is 1. The summed E-state index contributed by atoms with van der Waals surface area (Å²) in [5.41, 5.74) is 5.57. The minimum atomic E-state index is -0.891. The van der Waals surface area contributed by atoms with Crippen molar-refractivity contribution in [2.24, 2.45) is 5.73 Å². The lowest BCUT2D eigenvalue weighted by molar-refractivity contribution is -0.385. The molecule has 0 fully saturated rings. The molecule has 0 aromatic heterocycles. The largest absolute Gasteiger partial charge is 0.508 e. The van der Waals surface area contributed by atoms with Crippen LogP contribution in [0.25, 0.3) is 0 Å². The molecule has 0 amide bonds. The van der Waals surface area contributed by atoms with Crippen LogP contribution in [0.4, 0.5) is 5.69 Å². The standard InChI is InChI=1S/C9H12N2O4.ClH/c1-5(12)9(10)7-4-6(11(14)15)2-3-8(7)13;/h2-5,9,12-13H,10H2,1H3;1H/t5-,9-;/m1./s1. The molecule has 0 aliphatic carbocycles. The van der Waals surface area contributed by atoms with Gasteiger partial charge in [-0.1, -0.05) is 0 Å². The van der Waals surface area contributed by atoms with E-state index in [2.05, 4.69) is 0 Å². The second-order valence-corrected chi connectivity index (χ2v) is 3.27. The summed E-state index contributed by atoms with van der Waals surface area (Å²) in [6.45, 7) is 1.45. The lowest BCUT2D eigenvalue weighted by Crippen LogP contribution is -2.23. The van der Waals surface area contributed by atoms with Gasteiger partial charge in [-0.3, -0.25) is 10.1 Å². The van der Waals surface area contributed by atoms with Crippen molar-refractivity contribution < 1.29 is 15.1 Å². The van der Waals surface area contributed by atoms with E-state index in [0.717, 1.165) is 6.07 Å². The molecule has 90 valence electrons. The molecule has 1 rings (SSSR count). The molecular weight excluding hydrogens is 236 g/mol. The van der Waals surface area contributed by atoms with E-state index in [0.29, 0.717) is 0 Å². The van der Waals surface area contributed by atoms with Gasteiger partial charge < -0.3 is 15.9 Å². The Kier molecular flexibility index (Phi) is 5.16. The van der Waals surface area contributed by atoms with Gasteiger partial charge in [0.1, 0.15) is 5.75 Å². The highest BCUT2D eigenvalue weighted by molar-refractivity contribution is 5.85. The van der Waals surface area contributed by atoms with Gasteiger partial charge in [0, 0.05) is 17.7 Å². The quantitative estimate of drug-likeness (QED) is 0.548. The van der Waals surface area contributed by atoms with Gasteiger partial charge in [0.2, 0.25) is 0 Å². The van der Waals surface area contributed by atoms with Crippen molar-refractivity contribution in [1.82, 2.24) is 0 Å². The molecule has 0 aliphatic rings. The summed E-state index contributed by atoms with van der Waals surface area (Å²) < 4.78 is 0. The third kappa shape index (κ3) is 3.06. The van der Waals surface area contributed by atoms with Gasteiger partial charge in [0.15, 0.2) is 0 Å².